The molecule has 4 heterocycles. The van der Waals surface area contributed by atoms with Crippen molar-refractivity contribution in [2.24, 2.45) is 0 Å². The Labute approximate surface area is 180 Å². The fourth-order valence-corrected chi connectivity index (χ4v) is 5.26. The number of nitrogens with one attached hydrogen (secondary N) is 1. The van der Waals surface area contributed by atoms with Crippen LogP contribution in [-0.4, -0.2) is 33.5 Å². The molecule has 6 heteroatoms. The molecular weight excluding hydrogens is 390 g/mol. The monoisotopic (exact) mass is 413 g/mol. The first-order chi connectivity index (χ1) is 14.9. The van der Waals surface area contributed by atoms with Crippen molar-refractivity contribution in [3.63, 3.8) is 0 Å². The first kappa shape index (κ1) is 17.8. The smallest absolute Gasteiger partial charge is 0.167 e. The van der Waals surface area contributed by atoms with Gasteiger partial charge in [0.1, 0.15) is 17.2 Å². The standard InChI is InChI=1S/C24H23N5S/c1-3-7-17(8-4-1)23-26-20-11-12-22(28-13-5-2-6-14-28)27-24(20)29(23)18-9-10-19-21(15-18)30-16-25-19/h1,3-4,7-12,15,25H,2,5-6,13-14,16H2. The van der Waals surface area contributed by atoms with Crippen molar-refractivity contribution in [3.8, 4) is 17.1 Å². The molecule has 1 fully saturated rings. The highest BCUT2D eigenvalue weighted by atomic mass is 32.2. The van der Waals surface area contributed by atoms with Gasteiger partial charge in [0.15, 0.2) is 5.65 Å². The van der Waals surface area contributed by atoms with Crippen LogP contribution in [0.2, 0.25) is 0 Å². The van der Waals surface area contributed by atoms with E-state index in [9.17, 15) is 0 Å². The highest BCUT2D eigenvalue weighted by Crippen LogP contribution is 2.37. The maximum absolute atomic E-state index is 5.12. The van der Waals surface area contributed by atoms with Crippen LogP contribution in [0.5, 0.6) is 0 Å². The molecule has 0 saturated carbocycles. The molecule has 2 aliphatic rings. The molecule has 0 bridgehead atoms. The lowest BCUT2D eigenvalue weighted by molar-refractivity contribution is 0.574. The van der Waals surface area contributed by atoms with E-state index in [1.54, 1.807) is 0 Å². The summed E-state index contributed by atoms with van der Waals surface area (Å²) in [6.45, 7) is 2.17. The van der Waals surface area contributed by atoms with Crippen LogP contribution in [-0.2, 0) is 0 Å². The zero-order valence-electron chi connectivity index (χ0n) is 16.7. The summed E-state index contributed by atoms with van der Waals surface area (Å²) in [6.07, 6.45) is 3.79. The zero-order valence-corrected chi connectivity index (χ0v) is 17.5. The minimum atomic E-state index is 0.923. The molecule has 2 aromatic heterocycles. The molecule has 1 saturated heterocycles. The van der Waals surface area contributed by atoms with Gasteiger partial charge in [-0.15, -0.1) is 11.8 Å². The first-order valence-electron chi connectivity index (χ1n) is 10.6. The Morgan fingerprint density at radius 3 is 2.60 bits per heavy atom. The number of fused-ring (bicyclic) bond motifs is 2. The van der Waals surface area contributed by atoms with Crippen LogP contribution in [0.25, 0.3) is 28.2 Å². The van der Waals surface area contributed by atoms with Gasteiger partial charge in [-0.05, 0) is 49.6 Å². The molecule has 0 spiro atoms. The number of aromatic nitrogens is 3. The van der Waals surface area contributed by atoms with Gasteiger partial charge in [-0.2, -0.15) is 0 Å². The summed E-state index contributed by atoms with van der Waals surface area (Å²) in [6, 6.07) is 21.2. The van der Waals surface area contributed by atoms with Gasteiger partial charge in [0.25, 0.3) is 0 Å². The normalized spacial score (nSPS) is 15.9. The molecule has 0 radical (unpaired) electrons. The largest absolute Gasteiger partial charge is 0.375 e. The van der Waals surface area contributed by atoms with Crippen molar-refractivity contribution in [1.82, 2.24) is 14.5 Å². The van der Waals surface area contributed by atoms with E-state index in [-0.39, 0.29) is 0 Å². The van der Waals surface area contributed by atoms with Crippen LogP contribution in [0.4, 0.5) is 11.5 Å². The van der Waals surface area contributed by atoms with Gasteiger partial charge in [-0.1, -0.05) is 30.3 Å². The van der Waals surface area contributed by atoms with Crippen LogP contribution < -0.4 is 10.2 Å². The van der Waals surface area contributed by atoms with Crippen LogP contribution in [0.1, 0.15) is 19.3 Å². The summed E-state index contributed by atoms with van der Waals surface area (Å²) in [5.41, 5.74) is 5.26. The molecule has 2 aliphatic heterocycles. The highest BCUT2D eigenvalue weighted by Gasteiger charge is 2.20. The Morgan fingerprint density at radius 1 is 0.867 bits per heavy atom. The predicted molar refractivity (Wildman–Crippen MR) is 125 cm³/mol. The van der Waals surface area contributed by atoms with Gasteiger partial charge in [0, 0.05) is 29.2 Å². The maximum atomic E-state index is 5.12. The summed E-state index contributed by atoms with van der Waals surface area (Å²) in [4.78, 5) is 13.8. The second kappa shape index (κ2) is 7.36. The van der Waals surface area contributed by atoms with Crippen molar-refractivity contribution in [1.29, 1.82) is 0 Å². The average molecular weight is 414 g/mol. The van der Waals surface area contributed by atoms with Crippen molar-refractivity contribution in [2.75, 3.05) is 29.2 Å². The lowest BCUT2D eigenvalue weighted by Gasteiger charge is -2.27. The van der Waals surface area contributed by atoms with E-state index in [0.29, 0.717) is 0 Å². The minimum absolute atomic E-state index is 0.923. The van der Waals surface area contributed by atoms with E-state index in [4.69, 9.17) is 9.97 Å². The highest BCUT2D eigenvalue weighted by molar-refractivity contribution is 7.99. The first-order valence-corrected chi connectivity index (χ1v) is 11.6. The number of hydrogen-bond acceptors (Lipinski definition) is 5. The van der Waals surface area contributed by atoms with Gasteiger partial charge in [-0.25, -0.2) is 9.97 Å². The van der Waals surface area contributed by atoms with Crippen LogP contribution in [0.3, 0.4) is 0 Å². The zero-order chi connectivity index (χ0) is 19.9. The number of pyridine rings is 1. The molecule has 2 aromatic carbocycles. The molecule has 0 amide bonds. The summed E-state index contributed by atoms with van der Waals surface area (Å²) < 4.78 is 2.22. The van der Waals surface area contributed by atoms with Crippen LogP contribution in [0, 0.1) is 0 Å². The average Bonchev–Trinajstić information content (AvgIpc) is 3.43. The molecule has 0 atom stereocenters. The van der Waals surface area contributed by atoms with Crippen molar-refractivity contribution >= 4 is 34.4 Å². The van der Waals surface area contributed by atoms with E-state index < -0.39 is 0 Å². The molecule has 0 aliphatic carbocycles. The second-order valence-electron chi connectivity index (χ2n) is 7.84. The second-order valence-corrected chi connectivity index (χ2v) is 8.86. The number of rotatable bonds is 3. The van der Waals surface area contributed by atoms with E-state index >= 15 is 0 Å². The van der Waals surface area contributed by atoms with Gasteiger partial charge >= 0.3 is 0 Å². The van der Waals surface area contributed by atoms with Gasteiger partial charge in [-0.3, -0.25) is 4.57 Å². The predicted octanol–water partition coefficient (Wildman–Crippen LogP) is 5.55. The van der Waals surface area contributed by atoms with Crippen LogP contribution >= 0.6 is 11.8 Å². The fourth-order valence-electron chi connectivity index (χ4n) is 4.38. The summed E-state index contributed by atoms with van der Waals surface area (Å²) in [5, 5.41) is 3.42. The van der Waals surface area contributed by atoms with Crippen LogP contribution in [0.15, 0.2) is 65.6 Å². The molecular formula is C24H23N5S. The maximum Gasteiger partial charge on any atom is 0.167 e. The van der Waals surface area contributed by atoms with Gasteiger partial charge in [0.05, 0.1) is 11.6 Å². The number of imidazole rings is 1. The van der Waals surface area contributed by atoms with E-state index in [1.807, 2.05) is 17.8 Å². The minimum Gasteiger partial charge on any atom is -0.375 e. The topological polar surface area (TPSA) is 46.0 Å². The van der Waals surface area contributed by atoms with Crippen molar-refractivity contribution in [3.05, 3.63) is 60.7 Å². The van der Waals surface area contributed by atoms with Crippen molar-refractivity contribution in [2.45, 2.75) is 24.2 Å². The Morgan fingerprint density at radius 2 is 1.73 bits per heavy atom. The van der Waals surface area contributed by atoms with E-state index in [0.717, 1.165) is 53.0 Å². The number of piperidine rings is 1. The van der Waals surface area contributed by atoms with E-state index in [1.165, 1.54) is 29.8 Å². The van der Waals surface area contributed by atoms with Crippen molar-refractivity contribution < 1.29 is 0 Å². The number of benzene rings is 2. The van der Waals surface area contributed by atoms with Gasteiger partial charge in [0.2, 0.25) is 0 Å². The Hall–Kier alpha value is -2.99. The lowest BCUT2D eigenvalue weighted by Crippen LogP contribution is -2.30. The quantitative estimate of drug-likeness (QED) is 0.477. The number of anilines is 2. The van der Waals surface area contributed by atoms with E-state index in [2.05, 4.69) is 69.4 Å². The summed E-state index contributed by atoms with van der Waals surface area (Å²) in [7, 11) is 0. The Bertz CT molecular complexity index is 1210. The number of nitrogens with zero attached hydrogens (tertiary/aromatic N) is 4. The molecule has 5 nitrogen and oxygen atoms in total. The molecule has 4 aromatic rings. The third-order valence-electron chi connectivity index (χ3n) is 5.92. The summed E-state index contributed by atoms with van der Waals surface area (Å²) in [5.74, 6) is 2.91. The van der Waals surface area contributed by atoms with Gasteiger partial charge < -0.3 is 10.2 Å². The molecule has 30 heavy (non-hydrogen) atoms. The lowest BCUT2D eigenvalue weighted by atomic mass is 10.1. The third kappa shape index (κ3) is 3.03. The number of hydrogen-bond donors (Lipinski definition) is 1. The Kier molecular flexibility index (Phi) is 4.38. The third-order valence-corrected chi connectivity index (χ3v) is 6.85. The number of thioether (sulfide) groups is 1. The molecule has 1 N–H and O–H groups in total. The fraction of sp³-hybridized carbons (Fsp3) is 0.250. The SMILES string of the molecule is c1ccc(-c2nc3ccc(N4CCCCC4)nc3n2-c2ccc3c(c2)SCN3)cc1. The summed E-state index contributed by atoms with van der Waals surface area (Å²) >= 11 is 1.84. The molecule has 0 unspecified atom stereocenters. The molecule has 6 rings (SSSR count). The Balaban J connectivity index is 1.56. The molecule has 150 valence electrons.